The Labute approximate surface area is 137 Å². The number of benzene rings is 2. The molecular formula is C20H23NO2. The van der Waals surface area contributed by atoms with Crippen LogP contribution in [0.2, 0.25) is 0 Å². The molecule has 0 radical (unpaired) electrons. The van der Waals surface area contributed by atoms with Gasteiger partial charge in [0, 0.05) is 5.92 Å². The summed E-state index contributed by atoms with van der Waals surface area (Å²) in [6, 6.07) is 18.1. The Balaban J connectivity index is 1.50. The van der Waals surface area contributed by atoms with E-state index in [-0.39, 0.29) is 11.8 Å². The second-order valence-electron chi connectivity index (χ2n) is 6.05. The van der Waals surface area contributed by atoms with Crippen molar-refractivity contribution in [3.63, 3.8) is 0 Å². The number of aryl methyl sites for hydroxylation is 1. The lowest BCUT2D eigenvalue weighted by Crippen LogP contribution is -2.28. The third kappa shape index (κ3) is 4.35. The summed E-state index contributed by atoms with van der Waals surface area (Å²) in [5.41, 5.74) is 2.10. The van der Waals surface area contributed by atoms with Crippen LogP contribution in [0.3, 0.4) is 0 Å². The molecule has 1 amide bonds. The van der Waals surface area contributed by atoms with Crippen molar-refractivity contribution in [2.75, 3.05) is 11.9 Å². The standard InChI is InChI=1S/C20H23NO2/c22-20(17-11-6-12-17)21-18-13-4-5-14-19(18)23-15-7-10-16-8-2-1-3-9-16/h1-5,8-9,13-14,17H,6-7,10-12,15H2,(H,21,22). The first kappa shape index (κ1) is 15.6. The summed E-state index contributed by atoms with van der Waals surface area (Å²) in [6.07, 6.45) is 5.12. The molecule has 120 valence electrons. The Morgan fingerprint density at radius 3 is 2.52 bits per heavy atom. The molecule has 3 rings (SSSR count). The second-order valence-corrected chi connectivity index (χ2v) is 6.05. The van der Waals surface area contributed by atoms with Gasteiger partial charge in [0.1, 0.15) is 5.75 Å². The van der Waals surface area contributed by atoms with Gasteiger partial charge in [-0.3, -0.25) is 4.79 Å². The van der Waals surface area contributed by atoms with Gasteiger partial charge in [-0.05, 0) is 43.4 Å². The van der Waals surface area contributed by atoms with Gasteiger partial charge >= 0.3 is 0 Å². The van der Waals surface area contributed by atoms with E-state index in [0.717, 1.165) is 43.5 Å². The summed E-state index contributed by atoms with van der Waals surface area (Å²) in [6.45, 7) is 0.644. The molecule has 3 heteroatoms. The molecule has 1 saturated carbocycles. The first-order valence-corrected chi connectivity index (χ1v) is 8.39. The van der Waals surface area contributed by atoms with Gasteiger partial charge in [0.25, 0.3) is 0 Å². The molecule has 1 aliphatic rings. The van der Waals surface area contributed by atoms with Gasteiger partial charge in [0.05, 0.1) is 12.3 Å². The molecule has 0 aromatic heterocycles. The molecule has 3 nitrogen and oxygen atoms in total. The quantitative estimate of drug-likeness (QED) is 0.768. The second kappa shape index (κ2) is 7.82. The highest BCUT2D eigenvalue weighted by Gasteiger charge is 2.25. The first-order chi connectivity index (χ1) is 11.3. The van der Waals surface area contributed by atoms with Crippen molar-refractivity contribution in [3.05, 3.63) is 60.2 Å². The zero-order valence-corrected chi connectivity index (χ0v) is 13.3. The maximum atomic E-state index is 12.1. The van der Waals surface area contributed by atoms with Crippen molar-refractivity contribution >= 4 is 11.6 Å². The van der Waals surface area contributed by atoms with Gasteiger partial charge in [-0.1, -0.05) is 48.9 Å². The van der Waals surface area contributed by atoms with Gasteiger partial charge in [0.15, 0.2) is 0 Å². The van der Waals surface area contributed by atoms with Gasteiger partial charge < -0.3 is 10.1 Å². The summed E-state index contributed by atoms with van der Waals surface area (Å²) < 4.78 is 5.88. The fourth-order valence-corrected chi connectivity index (χ4v) is 2.70. The minimum atomic E-state index is 0.122. The van der Waals surface area contributed by atoms with Crippen LogP contribution in [0.4, 0.5) is 5.69 Å². The number of hydrogen-bond acceptors (Lipinski definition) is 2. The molecule has 1 N–H and O–H groups in total. The molecule has 1 aliphatic carbocycles. The number of amides is 1. The fourth-order valence-electron chi connectivity index (χ4n) is 2.70. The van der Waals surface area contributed by atoms with E-state index >= 15 is 0 Å². The van der Waals surface area contributed by atoms with Crippen LogP contribution in [0, 0.1) is 5.92 Å². The number of carbonyl (C=O) groups is 1. The van der Waals surface area contributed by atoms with Crippen LogP contribution in [0.15, 0.2) is 54.6 Å². The Kier molecular flexibility index (Phi) is 5.30. The molecular weight excluding hydrogens is 286 g/mol. The van der Waals surface area contributed by atoms with Crippen LogP contribution in [0.25, 0.3) is 0 Å². The number of ether oxygens (including phenoxy) is 1. The molecule has 1 fully saturated rings. The van der Waals surface area contributed by atoms with Gasteiger partial charge in [0.2, 0.25) is 5.91 Å². The van der Waals surface area contributed by atoms with Crippen molar-refractivity contribution in [2.24, 2.45) is 5.92 Å². The van der Waals surface area contributed by atoms with Crippen LogP contribution in [0.5, 0.6) is 5.75 Å². The lowest BCUT2D eigenvalue weighted by molar-refractivity contribution is -0.122. The maximum absolute atomic E-state index is 12.1. The van der Waals surface area contributed by atoms with E-state index < -0.39 is 0 Å². The van der Waals surface area contributed by atoms with Gasteiger partial charge in [-0.25, -0.2) is 0 Å². The normalized spacial score (nSPS) is 14.1. The predicted molar refractivity (Wildman–Crippen MR) is 92.7 cm³/mol. The number of nitrogens with one attached hydrogen (secondary N) is 1. The van der Waals surface area contributed by atoms with Crippen LogP contribution in [0.1, 0.15) is 31.2 Å². The summed E-state index contributed by atoms with van der Waals surface area (Å²) in [7, 11) is 0. The van der Waals surface area contributed by atoms with Gasteiger partial charge in [-0.15, -0.1) is 0 Å². The van der Waals surface area contributed by atoms with E-state index in [1.54, 1.807) is 0 Å². The minimum absolute atomic E-state index is 0.122. The average molecular weight is 309 g/mol. The molecule has 0 aliphatic heterocycles. The third-order valence-electron chi connectivity index (χ3n) is 4.33. The Morgan fingerprint density at radius 2 is 1.78 bits per heavy atom. The first-order valence-electron chi connectivity index (χ1n) is 8.39. The van der Waals surface area contributed by atoms with Crippen molar-refractivity contribution in [1.29, 1.82) is 0 Å². The summed E-state index contributed by atoms with van der Waals surface area (Å²) >= 11 is 0. The SMILES string of the molecule is O=C(Nc1ccccc1OCCCc1ccccc1)C1CCC1. The zero-order valence-electron chi connectivity index (χ0n) is 13.3. The Morgan fingerprint density at radius 1 is 1.04 bits per heavy atom. The van der Waals surface area contributed by atoms with E-state index in [1.807, 2.05) is 30.3 Å². The van der Waals surface area contributed by atoms with E-state index in [9.17, 15) is 4.79 Å². The van der Waals surface area contributed by atoms with Crippen LogP contribution < -0.4 is 10.1 Å². The highest BCUT2D eigenvalue weighted by Crippen LogP contribution is 2.30. The predicted octanol–water partition coefficient (Wildman–Crippen LogP) is 4.44. The number of para-hydroxylation sites is 2. The van der Waals surface area contributed by atoms with Crippen molar-refractivity contribution < 1.29 is 9.53 Å². The number of hydrogen-bond donors (Lipinski definition) is 1. The van der Waals surface area contributed by atoms with Crippen molar-refractivity contribution in [2.45, 2.75) is 32.1 Å². The maximum Gasteiger partial charge on any atom is 0.227 e. The highest BCUT2D eigenvalue weighted by molar-refractivity contribution is 5.94. The zero-order chi connectivity index (χ0) is 15.9. The largest absolute Gasteiger partial charge is 0.491 e. The van der Waals surface area contributed by atoms with E-state index in [0.29, 0.717) is 6.61 Å². The summed E-state index contributed by atoms with van der Waals surface area (Å²) in [5.74, 6) is 1.06. The minimum Gasteiger partial charge on any atom is -0.491 e. The molecule has 0 bridgehead atoms. The van der Waals surface area contributed by atoms with Crippen molar-refractivity contribution in [1.82, 2.24) is 0 Å². The Hall–Kier alpha value is -2.29. The Bertz CT molecular complexity index is 635. The topological polar surface area (TPSA) is 38.3 Å². The van der Waals surface area contributed by atoms with Crippen LogP contribution in [-0.4, -0.2) is 12.5 Å². The van der Waals surface area contributed by atoms with E-state index in [1.165, 1.54) is 5.56 Å². The smallest absolute Gasteiger partial charge is 0.227 e. The molecule has 0 heterocycles. The lowest BCUT2D eigenvalue weighted by atomic mass is 9.85. The summed E-state index contributed by atoms with van der Waals surface area (Å²) in [4.78, 5) is 12.1. The molecule has 0 saturated heterocycles. The molecule has 2 aromatic rings. The molecule has 2 aromatic carbocycles. The highest BCUT2D eigenvalue weighted by atomic mass is 16.5. The summed E-state index contributed by atoms with van der Waals surface area (Å²) in [5, 5.41) is 3.01. The molecule has 0 atom stereocenters. The number of carbonyl (C=O) groups excluding carboxylic acids is 1. The molecule has 0 unspecified atom stereocenters. The molecule has 23 heavy (non-hydrogen) atoms. The van der Waals surface area contributed by atoms with E-state index in [2.05, 4.69) is 29.6 Å². The van der Waals surface area contributed by atoms with Crippen molar-refractivity contribution in [3.8, 4) is 5.75 Å². The van der Waals surface area contributed by atoms with Gasteiger partial charge in [-0.2, -0.15) is 0 Å². The lowest BCUT2D eigenvalue weighted by Gasteiger charge is -2.24. The average Bonchev–Trinajstić information content (AvgIpc) is 2.52. The number of rotatable bonds is 7. The number of anilines is 1. The third-order valence-corrected chi connectivity index (χ3v) is 4.33. The molecule has 0 spiro atoms. The fraction of sp³-hybridized carbons (Fsp3) is 0.350. The monoisotopic (exact) mass is 309 g/mol. The van der Waals surface area contributed by atoms with E-state index in [4.69, 9.17) is 4.74 Å². The van der Waals surface area contributed by atoms with Crippen LogP contribution >= 0.6 is 0 Å². The van der Waals surface area contributed by atoms with Crippen LogP contribution in [-0.2, 0) is 11.2 Å².